The van der Waals surface area contributed by atoms with E-state index in [2.05, 4.69) is 20.3 Å². The largest absolute Gasteiger partial charge is 0.361 e. The number of H-pyrrole nitrogens is 1. The van der Waals surface area contributed by atoms with E-state index in [9.17, 15) is 9.59 Å². The van der Waals surface area contributed by atoms with Gasteiger partial charge in [-0.15, -0.1) is 11.6 Å². The number of aromatic amines is 1. The number of aromatic nitrogens is 3. The molecule has 0 bridgehead atoms. The molecule has 8 heteroatoms. The molecule has 0 spiro atoms. The van der Waals surface area contributed by atoms with Crippen LogP contribution < -0.4 is 5.32 Å². The summed E-state index contributed by atoms with van der Waals surface area (Å²) >= 11 is 5.98. The van der Waals surface area contributed by atoms with Gasteiger partial charge in [0.25, 0.3) is 0 Å². The minimum absolute atomic E-state index is 0.142. The topological polar surface area (TPSA) is 91.0 Å². The third kappa shape index (κ3) is 5.10. The van der Waals surface area contributed by atoms with Crippen molar-refractivity contribution in [3.05, 3.63) is 60.3 Å². The van der Waals surface area contributed by atoms with Crippen LogP contribution in [0.5, 0.6) is 0 Å². The van der Waals surface area contributed by atoms with Gasteiger partial charge in [-0.3, -0.25) is 19.6 Å². The Balaban J connectivity index is 1.59. The summed E-state index contributed by atoms with van der Waals surface area (Å²) in [7, 11) is 0. The summed E-state index contributed by atoms with van der Waals surface area (Å²) in [6.45, 7) is 0.352. The molecule has 1 saturated carbocycles. The van der Waals surface area contributed by atoms with E-state index in [1.807, 2.05) is 24.5 Å². The van der Waals surface area contributed by atoms with Crippen molar-refractivity contribution >= 4 is 34.3 Å². The van der Waals surface area contributed by atoms with E-state index in [4.69, 9.17) is 11.6 Å². The van der Waals surface area contributed by atoms with Crippen LogP contribution in [0.2, 0.25) is 0 Å². The van der Waals surface area contributed by atoms with E-state index in [0.29, 0.717) is 18.5 Å². The van der Waals surface area contributed by atoms with E-state index in [-0.39, 0.29) is 23.7 Å². The Labute approximate surface area is 192 Å². The molecule has 1 unspecified atom stereocenters. The predicted molar refractivity (Wildman–Crippen MR) is 124 cm³/mol. The van der Waals surface area contributed by atoms with Gasteiger partial charge in [-0.2, -0.15) is 0 Å². The summed E-state index contributed by atoms with van der Waals surface area (Å²) in [5.41, 5.74) is 2.71. The summed E-state index contributed by atoms with van der Waals surface area (Å²) < 4.78 is 0. The number of amides is 2. The molecule has 4 rings (SSSR count). The first-order valence-corrected chi connectivity index (χ1v) is 11.7. The Morgan fingerprint density at radius 3 is 2.72 bits per heavy atom. The maximum atomic E-state index is 13.5. The third-order valence-corrected chi connectivity index (χ3v) is 6.37. The lowest BCUT2D eigenvalue weighted by Gasteiger charge is -2.33. The van der Waals surface area contributed by atoms with Gasteiger partial charge in [-0.25, -0.2) is 0 Å². The monoisotopic (exact) mass is 453 g/mol. The number of rotatable bonds is 8. The van der Waals surface area contributed by atoms with Crippen LogP contribution in [-0.2, 0) is 16.0 Å². The number of nitrogens with zero attached hydrogens (tertiary/aromatic N) is 3. The molecule has 1 aliphatic carbocycles. The number of nitrogens with one attached hydrogen (secondary N) is 2. The van der Waals surface area contributed by atoms with Crippen molar-refractivity contribution in [2.75, 3.05) is 12.4 Å². The highest BCUT2D eigenvalue weighted by Crippen LogP contribution is 2.25. The molecule has 32 heavy (non-hydrogen) atoms. The van der Waals surface area contributed by atoms with E-state index in [0.717, 1.165) is 42.1 Å². The lowest BCUT2D eigenvalue weighted by Crippen LogP contribution is -2.48. The number of hydrogen-bond donors (Lipinski definition) is 2. The molecule has 1 atom stereocenters. The summed E-state index contributed by atoms with van der Waals surface area (Å²) in [5, 5.41) is 4.19. The highest BCUT2D eigenvalue weighted by molar-refractivity contribution is 6.27. The SMILES string of the molecule is O=C(NC1CCCCC1)C(c1cccnc1)N(CCc1c[nH]c2ccncc12)C(=O)CCl. The molecule has 2 amide bonds. The summed E-state index contributed by atoms with van der Waals surface area (Å²) in [4.78, 5) is 39.6. The molecular weight excluding hydrogens is 426 g/mol. The van der Waals surface area contributed by atoms with Gasteiger partial charge >= 0.3 is 0 Å². The van der Waals surface area contributed by atoms with Gasteiger partial charge in [0.15, 0.2) is 0 Å². The number of fused-ring (bicyclic) bond motifs is 1. The van der Waals surface area contributed by atoms with Crippen LogP contribution in [-0.4, -0.2) is 50.1 Å². The summed E-state index contributed by atoms with van der Waals surface area (Å²) in [6.07, 6.45) is 14.7. The molecule has 2 N–H and O–H groups in total. The molecule has 1 aliphatic rings. The standard InChI is InChI=1S/C24H28ClN5O2/c25-13-22(31)30(12-9-17-15-28-21-8-11-27-16-20(17)21)23(18-5-4-10-26-14-18)24(32)29-19-6-2-1-3-7-19/h4-5,8,10-11,14-16,19,23,28H,1-3,6-7,9,12-13H2,(H,29,32). The molecule has 0 radical (unpaired) electrons. The van der Waals surface area contributed by atoms with E-state index in [1.54, 1.807) is 29.6 Å². The average molecular weight is 454 g/mol. The van der Waals surface area contributed by atoms with Crippen LogP contribution in [0.1, 0.15) is 49.3 Å². The Kier molecular flexibility index (Phi) is 7.37. The Morgan fingerprint density at radius 2 is 1.97 bits per heavy atom. The minimum Gasteiger partial charge on any atom is -0.361 e. The lowest BCUT2D eigenvalue weighted by atomic mass is 9.94. The van der Waals surface area contributed by atoms with Crippen LogP contribution in [0.25, 0.3) is 10.9 Å². The molecule has 0 saturated heterocycles. The van der Waals surface area contributed by atoms with Crippen molar-refractivity contribution in [2.24, 2.45) is 0 Å². The molecule has 168 valence electrons. The van der Waals surface area contributed by atoms with Crippen molar-refractivity contribution in [1.29, 1.82) is 0 Å². The fourth-order valence-electron chi connectivity index (χ4n) is 4.48. The quantitative estimate of drug-likeness (QED) is 0.508. The summed E-state index contributed by atoms with van der Waals surface area (Å²) in [5.74, 6) is -0.649. The molecule has 7 nitrogen and oxygen atoms in total. The first-order valence-electron chi connectivity index (χ1n) is 11.1. The van der Waals surface area contributed by atoms with E-state index in [1.165, 1.54) is 6.42 Å². The normalized spacial score (nSPS) is 15.4. The molecule has 3 aromatic heterocycles. The second kappa shape index (κ2) is 10.6. The number of pyridine rings is 2. The van der Waals surface area contributed by atoms with Crippen molar-refractivity contribution in [3.8, 4) is 0 Å². The van der Waals surface area contributed by atoms with Gasteiger partial charge in [0, 0.05) is 60.0 Å². The predicted octanol–water partition coefficient (Wildman–Crippen LogP) is 3.76. The fourth-order valence-corrected chi connectivity index (χ4v) is 4.63. The molecule has 0 aliphatic heterocycles. The highest BCUT2D eigenvalue weighted by Gasteiger charge is 2.32. The average Bonchev–Trinajstić information content (AvgIpc) is 3.25. The first kappa shape index (κ1) is 22.3. The summed E-state index contributed by atoms with van der Waals surface area (Å²) in [6, 6.07) is 4.90. The first-order chi connectivity index (χ1) is 15.7. The van der Waals surface area contributed by atoms with Crippen molar-refractivity contribution in [1.82, 2.24) is 25.2 Å². The number of alkyl halides is 1. The highest BCUT2D eigenvalue weighted by atomic mass is 35.5. The van der Waals surface area contributed by atoms with Crippen LogP contribution in [0.3, 0.4) is 0 Å². The zero-order valence-corrected chi connectivity index (χ0v) is 18.7. The fraction of sp³-hybridized carbons (Fsp3) is 0.417. The minimum atomic E-state index is -0.778. The Hall–Kier alpha value is -2.93. The Bertz CT molecular complexity index is 1050. The van der Waals surface area contributed by atoms with Crippen LogP contribution in [0, 0.1) is 0 Å². The number of carbonyl (C=O) groups excluding carboxylic acids is 2. The maximum absolute atomic E-state index is 13.5. The zero-order valence-electron chi connectivity index (χ0n) is 18.0. The van der Waals surface area contributed by atoms with E-state index < -0.39 is 6.04 Å². The lowest BCUT2D eigenvalue weighted by molar-refractivity contribution is -0.139. The number of halogens is 1. The number of hydrogen-bond acceptors (Lipinski definition) is 4. The molecule has 0 aromatic carbocycles. The second-order valence-corrected chi connectivity index (χ2v) is 8.51. The Morgan fingerprint density at radius 1 is 1.16 bits per heavy atom. The molecule has 3 aromatic rings. The van der Waals surface area contributed by atoms with Crippen molar-refractivity contribution in [3.63, 3.8) is 0 Å². The van der Waals surface area contributed by atoms with Crippen molar-refractivity contribution in [2.45, 2.75) is 50.6 Å². The van der Waals surface area contributed by atoms with Gasteiger partial charge in [-0.05, 0) is 37.0 Å². The smallest absolute Gasteiger partial charge is 0.247 e. The van der Waals surface area contributed by atoms with Crippen LogP contribution >= 0.6 is 11.6 Å². The van der Waals surface area contributed by atoms with Crippen molar-refractivity contribution < 1.29 is 9.59 Å². The number of carbonyl (C=O) groups is 2. The molecule has 3 heterocycles. The van der Waals surface area contributed by atoms with Gasteiger partial charge < -0.3 is 15.2 Å². The third-order valence-electron chi connectivity index (χ3n) is 6.14. The van der Waals surface area contributed by atoms with Gasteiger partial charge in [-0.1, -0.05) is 25.3 Å². The van der Waals surface area contributed by atoms with Crippen LogP contribution in [0.15, 0.2) is 49.2 Å². The van der Waals surface area contributed by atoms with Gasteiger partial charge in [0.05, 0.1) is 0 Å². The van der Waals surface area contributed by atoms with E-state index >= 15 is 0 Å². The van der Waals surface area contributed by atoms with Gasteiger partial charge in [0.1, 0.15) is 11.9 Å². The molecule has 1 fully saturated rings. The maximum Gasteiger partial charge on any atom is 0.247 e. The molecular formula is C24H28ClN5O2. The van der Waals surface area contributed by atoms with Gasteiger partial charge in [0.2, 0.25) is 11.8 Å². The zero-order chi connectivity index (χ0) is 22.3. The second-order valence-electron chi connectivity index (χ2n) is 8.24. The van der Waals surface area contributed by atoms with Crippen LogP contribution in [0.4, 0.5) is 0 Å².